The lowest BCUT2D eigenvalue weighted by molar-refractivity contribution is -0.128. The van der Waals surface area contributed by atoms with E-state index in [1.165, 1.54) is 13.8 Å². The van der Waals surface area contributed by atoms with Crippen LogP contribution in [0.1, 0.15) is 46.5 Å². The van der Waals surface area contributed by atoms with Gasteiger partial charge in [0.15, 0.2) is 11.4 Å². The summed E-state index contributed by atoms with van der Waals surface area (Å²) >= 11 is 0. The molecule has 1 unspecified atom stereocenters. The molecular formula is C11H18O2. The topological polar surface area (TPSA) is 37.3 Å². The predicted molar refractivity (Wildman–Crippen MR) is 53.2 cm³/mol. The average molecular weight is 182 g/mol. The highest BCUT2D eigenvalue weighted by molar-refractivity contribution is 5.87. The maximum atomic E-state index is 10.8. The fraction of sp³-hybridized carbons (Fsp3) is 0.727. The van der Waals surface area contributed by atoms with Crippen molar-refractivity contribution in [1.29, 1.82) is 0 Å². The summed E-state index contributed by atoms with van der Waals surface area (Å²) in [5.74, 6) is 5.10. The first kappa shape index (κ1) is 12.2. The van der Waals surface area contributed by atoms with Gasteiger partial charge in [0.05, 0.1) is 0 Å². The van der Waals surface area contributed by atoms with E-state index in [0.29, 0.717) is 0 Å². The van der Waals surface area contributed by atoms with E-state index in [9.17, 15) is 9.90 Å². The standard InChI is InChI=1S/C11H18O2/c1-4-5-6-7-8-9-11(3,13)10(2)12/h13H,4-7H2,1-3H3. The number of carbonyl (C=O) groups is 1. The molecule has 1 N–H and O–H groups in total. The van der Waals surface area contributed by atoms with Crippen molar-refractivity contribution < 1.29 is 9.90 Å². The Morgan fingerprint density at radius 2 is 2.08 bits per heavy atom. The summed E-state index contributed by atoms with van der Waals surface area (Å²) in [6.45, 7) is 4.90. The van der Waals surface area contributed by atoms with Crippen molar-refractivity contribution >= 4 is 5.78 Å². The van der Waals surface area contributed by atoms with Crippen LogP contribution in [0.25, 0.3) is 0 Å². The third kappa shape index (κ3) is 5.43. The molecule has 2 heteroatoms. The average Bonchev–Trinajstić information content (AvgIpc) is 2.03. The van der Waals surface area contributed by atoms with E-state index in [2.05, 4.69) is 18.8 Å². The fourth-order valence-corrected chi connectivity index (χ4v) is 0.786. The molecule has 1 atom stereocenters. The van der Waals surface area contributed by atoms with Gasteiger partial charge in [0, 0.05) is 6.42 Å². The molecule has 0 heterocycles. The molecule has 0 amide bonds. The summed E-state index contributed by atoms with van der Waals surface area (Å²) < 4.78 is 0. The minimum absolute atomic E-state index is 0.296. The molecule has 0 radical (unpaired) electrons. The molecule has 0 aromatic heterocycles. The molecule has 0 saturated heterocycles. The molecule has 13 heavy (non-hydrogen) atoms. The quantitative estimate of drug-likeness (QED) is 0.532. The van der Waals surface area contributed by atoms with Crippen LogP contribution in [0.5, 0.6) is 0 Å². The number of carbonyl (C=O) groups excluding carboxylic acids is 1. The molecule has 0 aliphatic heterocycles. The van der Waals surface area contributed by atoms with Crippen LogP contribution in [0.4, 0.5) is 0 Å². The van der Waals surface area contributed by atoms with Gasteiger partial charge in [0.2, 0.25) is 0 Å². The van der Waals surface area contributed by atoms with Crippen LogP contribution in [0.2, 0.25) is 0 Å². The molecule has 0 spiro atoms. The maximum absolute atomic E-state index is 10.8. The maximum Gasteiger partial charge on any atom is 0.180 e. The highest BCUT2D eigenvalue weighted by Crippen LogP contribution is 2.03. The normalized spacial score (nSPS) is 14.2. The van der Waals surface area contributed by atoms with Crippen LogP contribution < -0.4 is 0 Å². The first-order valence-corrected chi connectivity index (χ1v) is 4.74. The molecule has 2 nitrogen and oxygen atoms in total. The number of ketones is 1. The Kier molecular flexibility index (Phi) is 5.41. The number of hydrogen-bond donors (Lipinski definition) is 1. The summed E-state index contributed by atoms with van der Waals surface area (Å²) in [6, 6.07) is 0. The van der Waals surface area contributed by atoms with Crippen molar-refractivity contribution in [2.45, 2.75) is 52.1 Å². The molecular weight excluding hydrogens is 164 g/mol. The molecule has 0 aliphatic carbocycles. The van der Waals surface area contributed by atoms with Gasteiger partial charge < -0.3 is 5.11 Å². The van der Waals surface area contributed by atoms with Crippen LogP contribution >= 0.6 is 0 Å². The van der Waals surface area contributed by atoms with Gasteiger partial charge >= 0.3 is 0 Å². The minimum Gasteiger partial charge on any atom is -0.371 e. The number of rotatable bonds is 4. The molecule has 0 rings (SSSR count). The second-order valence-electron chi connectivity index (χ2n) is 3.39. The van der Waals surface area contributed by atoms with Gasteiger partial charge in [-0.25, -0.2) is 0 Å². The van der Waals surface area contributed by atoms with Crippen molar-refractivity contribution in [3.63, 3.8) is 0 Å². The van der Waals surface area contributed by atoms with E-state index in [-0.39, 0.29) is 5.78 Å². The van der Waals surface area contributed by atoms with Gasteiger partial charge in [-0.1, -0.05) is 31.6 Å². The lowest BCUT2D eigenvalue weighted by atomic mass is 10.0. The summed E-state index contributed by atoms with van der Waals surface area (Å²) in [6.07, 6.45) is 4.11. The van der Waals surface area contributed by atoms with E-state index < -0.39 is 5.60 Å². The number of hydrogen-bond acceptors (Lipinski definition) is 2. The van der Waals surface area contributed by atoms with Gasteiger partial charge in [0.1, 0.15) is 0 Å². The first-order chi connectivity index (χ1) is 6.00. The Balaban J connectivity index is 3.88. The lowest BCUT2D eigenvalue weighted by Gasteiger charge is -2.10. The predicted octanol–water partition coefficient (Wildman–Crippen LogP) is 1.91. The molecule has 0 aromatic carbocycles. The van der Waals surface area contributed by atoms with Gasteiger partial charge in [-0.05, 0) is 20.3 Å². The zero-order valence-corrected chi connectivity index (χ0v) is 8.68. The molecule has 74 valence electrons. The molecule has 0 aromatic rings. The second kappa shape index (κ2) is 5.77. The Hall–Kier alpha value is -0.810. The van der Waals surface area contributed by atoms with Crippen molar-refractivity contribution in [2.24, 2.45) is 0 Å². The minimum atomic E-state index is -1.45. The van der Waals surface area contributed by atoms with E-state index in [1.807, 2.05) is 0 Å². The van der Waals surface area contributed by atoms with Crippen molar-refractivity contribution in [1.82, 2.24) is 0 Å². The SMILES string of the molecule is CCCCCC#CC(C)(O)C(C)=O. The smallest absolute Gasteiger partial charge is 0.180 e. The summed E-state index contributed by atoms with van der Waals surface area (Å²) in [4.78, 5) is 10.8. The Bertz CT molecular complexity index is 218. The van der Waals surface area contributed by atoms with Crippen molar-refractivity contribution in [2.75, 3.05) is 0 Å². The molecule has 0 aliphatic rings. The molecule has 0 bridgehead atoms. The van der Waals surface area contributed by atoms with Crippen LogP contribution in [-0.2, 0) is 4.79 Å². The number of aliphatic hydroxyl groups is 1. The van der Waals surface area contributed by atoms with Crippen molar-refractivity contribution in [3.8, 4) is 11.8 Å². The van der Waals surface area contributed by atoms with Crippen LogP contribution in [0.15, 0.2) is 0 Å². The van der Waals surface area contributed by atoms with E-state index in [1.54, 1.807) is 0 Å². The third-order valence-electron chi connectivity index (χ3n) is 1.92. The van der Waals surface area contributed by atoms with Gasteiger partial charge in [-0.15, -0.1) is 0 Å². The zero-order valence-electron chi connectivity index (χ0n) is 8.68. The summed E-state index contributed by atoms with van der Waals surface area (Å²) in [5.41, 5.74) is -1.45. The highest BCUT2D eigenvalue weighted by Gasteiger charge is 2.22. The highest BCUT2D eigenvalue weighted by atomic mass is 16.3. The largest absolute Gasteiger partial charge is 0.371 e. The van der Waals surface area contributed by atoms with E-state index in [4.69, 9.17) is 0 Å². The van der Waals surface area contributed by atoms with Crippen LogP contribution in [0.3, 0.4) is 0 Å². The van der Waals surface area contributed by atoms with Crippen LogP contribution in [-0.4, -0.2) is 16.5 Å². The fourth-order valence-electron chi connectivity index (χ4n) is 0.786. The second-order valence-corrected chi connectivity index (χ2v) is 3.39. The summed E-state index contributed by atoms with van der Waals surface area (Å²) in [7, 11) is 0. The van der Waals surface area contributed by atoms with Gasteiger partial charge in [0.25, 0.3) is 0 Å². The number of Topliss-reactive ketones (excluding diaryl/α,β-unsaturated/α-hetero) is 1. The van der Waals surface area contributed by atoms with E-state index in [0.717, 1.165) is 25.7 Å². The Morgan fingerprint density at radius 1 is 1.46 bits per heavy atom. The molecule has 0 saturated carbocycles. The third-order valence-corrected chi connectivity index (χ3v) is 1.92. The van der Waals surface area contributed by atoms with Gasteiger partial charge in [-0.3, -0.25) is 4.79 Å². The summed E-state index contributed by atoms with van der Waals surface area (Å²) in [5, 5.41) is 9.43. The number of unbranched alkanes of at least 4 members (excludes halogenated alkanes) is 3. The zero-order chi connectivity index (χ0) is 10.3. The van der Waals surface area contributed by atoms with Crippen molar-refractivity contribution in [3.05, 3.63) is 0 Å². The lowest BCUT2D eigenvalue weighted by Crippen LogP contribution is -2.30. The molecule has 0 fully saturated rings. The van der Waals surface area contributed by atoms with Gasteiger partial charge in [-0.2, -0.15) is 0 Å². The van der Waals surface area contributed by atoms with Crippen LogP contribution in [0, 0.1) is 11.8 Å². The monoisotopic (exact) mass is 182 g/mol. The van der Waals surface area contributed by atoms with E-state index >= 15 is 0 Å². The first-order valence-electron chi connectivity index (χ1n) is 4.74. The Morgan fingerprint density at radius 3 is 2.54 bits per heavy atom. The Labute approximate surface area is 80.3 Å².